The molecule has 2 fully saturated rings. The van der Waals surface area contributed by atoms with Gasteiger partial charge < -0.3 is 24.4 Å². The van der Waals surface area contributed by atoms with Gasteiger partial charge in [0.1, 0.15) is 0 Å². The third-order valence-corrected chi connectivity index (χ3v) is 6.59. The number of hydrogen-bond acceptors (Lipinski definition) is 4. The van der Waals surface area contributed by atoms with Crippen LogP contribution in [0.3, 0.4) is 0 Å². The highest BCUT2D eigenvalue weighted by Crippen LogP contribution is 2.42. The van der Waals surface area contributed by atoms with Crippen LogP contribution in [0.5, 0.6) is 11.5 Å². The number of guanidine groups is 1. The number of likely N-dealkylation sites (tertiary alicyclic amines) is 1. The molecular weight excluding hydrogens is 366 g/mol. The second-order valence-corrected chi connectivity index (χ2v) is 8.37. The van der Waals surface area contributed by atoms with Crippen molar-refractivity contribution in [1.29, 1.82) is 0 Å². The van der Waals surface area contributed by atoms with Crippen molar-refractivity contribution in [1.82, 2.24) is 10.2 Å². The van der Waals surface area contributed by atoms with Gasteiger partial charge in [-0.1, -0.05) is 25.3 Å². The van der Waals surface area contributed by atoms with Crippen LogP contribution in [0.15, 0.2) is 23.2 Å². The smallest absolute Gasteiger partial charge is 0.193 e. The van der Waals surface area contributed by atoms with Crippen molar-refractivity contribution >= 4 is 5.96 Å². The summed E-state index contributed by atoms with van der Waals surface area (Å²) in [7, 11) is 7.06. The van der Waals surface area contributed by atoms with Gasteiger partial charge in [-0.15, -0.1) is 0 Å². The van der Waals surface area contributed by atoms with E-state index in [1.165, 1.54) is 37.7 Å². The minimum Gasteiger partial charge on any atom is -0.493 e. The number of ether oxygens (including phenoxy) is 3. The van der Waals surface area contributed by atoms with Crippen molar-refractivity contribution in [3.63, 3.8) is 0 Å². The fourth-order valence-corrected chi connectivity index (χ4v) is 4.94. The summed E-state index contributed by atoms with van der Waals surface area (Å²) in [6.07, 6.45) is 7.35. The fourth-order valence-electron chi connectivity index (χ4n) is 4.94. The average Bonchev–Trinajstić information content (AvgIpc) is 3.23. The quantitative estimate of drug-likeness (QED) is 0.558. The second-order valence-electron chi connectivity index (χ2n) is 8.37. The molecule has 3 rings (SSSR count). The van der Waals surface area contributed by atoms with E-state index in [4.69, 9.17) is 14.2 Å². The molecule has 0 amide bonds. The first-order valence-corrected chi connectivity index (χ1v) is 10.8. The number of methoxy groups -OCH3 is 3. The molecule has 0 spiro atoms. The Morgan fingerprint density at radius 2 is 1.90 bits per heavy atom. The van der Waals surface area contributed by atoms with Gasteiger partial charge in [0.05, 0.1) is 20.8 Å². The maximum atomic E-state index is 5.59. The minimum atomic E-state index is 0.0966. The predicted octanol–water partition coefficient (Wildman–Crippen LogP) is 3.45. The molecule has 0 bridgehead atoms. The van der Waals surface area contributed by atoms with Crippen molar-refractivity contribution in [2.24, 2.45) is 10.9 Å². The van der Waals surface area contributed by atoms with Gasteiger partial charge in [0, 0.05) is 45.1 Å². The van der Waals surface area contributed by atoms with E-state index in [2.05, 4.69) is 27.3 Å². The van der Waals surface area contributed by atoms with E-state index in [0.717, 1.165) is 50.1 Å². The Bertz CT molecular complexity index is 686. The first-order chi connectivity index (χ1) is 14.2. The van der Waals surface area contributed by atoms with Crippen molar-refractivity contribution in [2.45, 2.75) is 43.9 Å². The fraction of sp³-hybridized carbons (Fsp3) is 0.696. The summed E-state index contributed by atoms with van der Waals surface area (Å²) in [5.74, 6) is 3.19. The Labute approximate surface area is 175 Å². The van der Waals surface area contributed by atoms with E-state index in [0.29, 0.717) is 5.92 Å². The predicted molar refractivity (Wildman–Crippen MR) is 117 cm³/mol. The lowest BCUT2D eigenvalue weighted by Crippen LogP contribution is -2.47. The number of benzene rings is 1. The maximum Gasteiger partial charge on any atom is 0.193 e. The van der Waals surface area contributed by atoms with Gasteiger partial charge in [0.2, 0.25) is 0 Å². The Balaban J connectivity index is 1.75. The van der Waals surface area contributed by atoms with E-state index in [1.54, 1.807) is 21.3 Å². The highest BCUT2D eigenvalue weighted by atomic mass is 16.5. The standard InChI is InChI=1S/C23H37N3O3/c1-24-22(26-13-10-18(15-26)16-27-2)25-17-23(11-6-5-7-12-23)19-8-9-20(28-3)21(14-19)29-4/h8-9,14,18H,5-7,10-13,15-17H2,1-4H3,(H,24,25). The third-order valence-electron chi connectivity index (χ3n) is 6.59. The molecule has 1 N–H and O–H groups in total. The minimum absolute atomic E-state index is 0.0966. The van der Waals surface area contributed by atoms with Crippen LogP contribution in [0.2, 0.25) is 0 Å². The zero-order chi connectivity index (χ0) is 20.7. The molecule has 1 aliphatic heterocycles. The van der Waals surface area contributed by atoms with Crippen LogP contribution in [0.4, 0.5) is 0 Å². The number of hydrogen-bond donors (Lipinski definition) is 1. The van der Waals surface area contributed by atoms with E-state index in [9.17, 15) is 0 Å². The molecule has 29 heavy (non-hydrogen) atoms. The molecule has 6 nitrogen and oxygen atoms in total. The first kappa shape index (κ1) is 21.8. The molecule has 2 aliphatic rings. The molecule has 1 saturated carbocycles. The normalized spacial score (nSPS) is 21.9. The van der Waals surface area contributed by atoms with E-state index in [-0.39, 0.29) is 5.41 Å². The Morgan fingerprint density at radius 3 is 2.55 bits per heavy atom. The highest BCUT2D eigenvalue weighted by Gasteiger charge is 2.35. The summed E-state index contributed by atoms with van der Waals surface area (Å²) in [5, 5.41) is 3.71. The van der Waals surface area contributed by atoms with Gasteiger partial charge in [-0.25, -0.2) is 0 Å². The molecule has 1 aromatic carbocycles. The number of rotatable bonds is 7. The summed E-state index contributed by atoms with van der Waals surface area (Å²) in [4.78, 5) is 6.95. The summed E-state index contributed by atoms with van der Waals surface area (Å²) in [6, 6.07) is 6.41. The van der Waals surface area contributed by atoms with Crippen LogP contribution in [-0.4, -0.2) is 65.5 Å². The number of aliphatic imine (C=N–C) groups is 1. The van der Waals surface area contributed by atoms with Crippen molar-refractivity contribution in [3.8, 4) is 11.5 Å². The van der Waals surface area contributed by atoms with Gasteiger partial charge in [0.15, 0.2) is 17.5 Å². The molecule has 1 unspecified atom stereocenters. The summed E-state index contributed by atoms with van der Waals surface area (Å²) >= 11 is 0. The molecule has 0 aromatic heterocycles. The van der Waals surface area contributed by atoms with Crippen molar-refractivity contribution in [2.75, 3.05) is 54.6 Å². The Kier molecular flexibility index (Phi) is 7.64. The third kappa shape index (κ3) is 4.97. The van der Waals surface area contributed by atoms with E-state index in [1.807, 2.05) is 13.1 Å². The summed E-state index contributed by atoms with van der Waals surface area (Å²) in [5.41, 5.74) is 1.43. The van der Waals surface area contributed by atoms with Gasteiger partial charge in [-0.3, -0.25) is 4.99 Å². The Hall–Kier alpha value is -1.95. The van der Waals surface area contributed by atoms with Gasteiger partial charge in [-0.05, 0) is 37.0 Å². The molecule has 162 valence electrons. The molecule has 1 aliphatic carbocycles. The van der Waals surface area contributed by atoms with Crippen molar-refractivity contribution in [3.05, 3.63) is 23.8 Å². The lowest BCUT2D eigenvalue weighted by atomic mass is 9.69. The molecule has 6 heteroatoms. The SMILES string of the molecule is CN=C(NCC1(c2ccc(OC)c(OC)c2)CCCCC1)N1CCC(COC)C1. The van der Waals surface area contributed by atoms with Crippen LogP contribution >= 0.6 is 0 Å². The monoisotopic (exact) mass is 403 g/mol. The van der Waals surface area contributed by atoms with Crippen LogP contribution < -0.4 is 14.8 Å². The molecule has 1 atom stereocenters. The van der Waals surface area contributed by atoms with Gasteiger partial charge in [0.25, 0.3) is 0 Å². The largest absolute Gasteiger partial charge is 0.493 e. The zero-order valence-corrected chi connectivity index (χ0v) is 18.5. The number of nitrogens with one attached hydrogen (secondary N) is 1. The van der Waals surface area contributed by atoms with Crippen LogP contribution in [0.1, 0.15) is 44.1 Å². The van der Waals surface area contributed by atoms with E-state index >= 15 is 0 Å². The number of nitrogens with zero attached hydrogens (tertiary/aromatic N) is 2. The van der Waals surface area contributed by atoms with Crippen LogP contribution in [0.25, 0.3) is 0 Å². The maximum absolute atomic E-state index is 5.59. The van der Waals surface area contributed by atoms with Gasteiger partial charge in [-0.2, -0.15) is 0 Å². The molecule has 1 heterocycles. The first-order valence-electron chi connectivity index (χ1n) is 10.8. The molecule has 1 aromatic rings. The highest BCUT2D eigenvalue weighted by molar-refractivity contribution is 5.80. The van der Waals surface area contributed by atoms with Crippen molar-refractivity contribution < 1.29 is 14.2 Å². The van der Waals surface area contributed by atoms with Crippen LogP contribution in [0, 0.1) is 5.92 Å². The van der Waals surface area contributed by atoms with Gasteiger partial charge >= 0.3 is 0 Å². The molecular formula is C23H37N3O3. The second kappa shape index (κ2) is 10.2. The average molecular weight is 404 g/mol. The lowest BCUT2D eigenvalue weighted by Gasteiger charge is -2.39. The summed E-state index contributed by atoms with van der Waals surface area (Å²) in [6.45, 7) is 3.76. The van der Waals surface area contributed by atoms with E-state index < -0.39 is 0 Å². The van der Waals surface area contributed by atoms with Crippen LogP contribution in [-0.2, 0) is 10.2 Å². The lowest BCUT2D eigenvalue weighted by molar-refractivity contribution is 0.157. The Morgan fingerprint density at radius 1 is 1.14 bits per heavy atom. The topological polar surface area (TPSA) is 55.3 Å². The molecule has 1 saturated heterocycles. The summed E-state index contributed by atoms with van der Waals surface area (Å²) < 4.78 is 16.4. The molecule has 0 radical (unpaired) electrons. The zero-order valence-electron chi connectivity index (χ0n) is 18.5.